The first-order valence-corrected chi connectivity index (χ1v) is 8.09. The van der Waals surface area contributed by atoms with Crippen LogP contribution in [-0.2, 0) is 4.79 Å². The Morgan fingerprint density at radius 3 is 2.92 bits per heavy atom. The van der Waals surface area contributed by atoms with Gasteiger partial charge in [-0.1, -0.05) is 5.16 Å². The highest BCUT2D eigenvalue weighted by atomic mass is 16.5. The molecular weight excluding hydrogens is 308 g/mol. The molecule has 7 heteroatoms. The summed E-state index contributed by atoms with van der Waals surface area (Å²) in [5.41, 5.74) is 1.83. The lowest BCUT2D eigenvalue weighted by molar-refractivity contribution is -0.123. The van der Waals surface area contributed by atoms with Crippen molar-refractivity contribution in [3.8, 4) is 11.3 Å². The number of rotatable bonds is 2. The van der Waals surface area contributed by atoms with Crippen molar-refractivity contribution in [1.29, 1.82) is 0 Å². The summed E-state index contributed by atoms with van der Waals surface area (Å²) in [6.45, 7) is 2.94. The first-order chi connectivity index (χ1) is 11.6. The third-order valence-corrected chi connectivity index (χ3v) is 4.85. The van der Waals surface area contributed by atoms with Crippen LogP contribution in [0.5, 0.6) is 0 Å². The molecule has 0 aromatic carbocycles. The summed E-state index contributed by atoms with van der Waals surface area (Å²) in [5, 5.41) is 7.05. The van der Waals surface area contributed by atoms with Crippen molar-refractivity contribution in [1.82, 2.24) is 20.4 Å². The van der Waals surface area contributed by atoms with E-state index in [-0.39, 0.29) is 17.9 Å². The van der Waals surface area contributed by atoms with Gasteiger partial charge in [0, 0.05) is 37.5 Å². The van der Waals surface area contributed by atoms with E-state index in [1.54, 1.807) is 36.4 Å². The predicted octanol–water partition coefficient (Wildman–Crippen LogP) is 1.40. The third-order valence-electron chi connectivity index (χ3n) is 4.85. The maximum Gasteiger partial charge on any atom is 0.259 e. The molecule has 2 saturated heterocycles. The molecule has 0 bridgehead atoms. The summed E-state index contributed by atoms with van der Waals surface area (Å²) in [6, 6.07) is 3.66. The number of hydrogen-bond acceptors (Lipinski definition) is 5. The molecule has 2 fully saturated rings. The van der Waals surface area contributed by atoms with Gasteiger partial charge >= 0.3 is 0 Å². The minimum atomic E-state index is -0.0933. The van der Waals surface area contributed by atoms with Crippen molar-refractivity contribution in [3.05, 3.63) is 35.9 Å². The van der Waals surface area contributed by atoms with Crippen molar-refractivity contribution in [2.24, 2.45) is 5.92 Å². The predicted molar refractivity (Wildman–Crippen MR) is 85.0 cm³/mol. The average Bonchev–Trinajstić information content (AvgIpc) is 3.18. The lowest BCUT2D eigenvalue weighted by Gasteiger charge is -2.24. The minimum absolute atomic E-state index is 0.0553. The van der Waals surface area contributed by atoms with Crippen LogP contribution in [0.3, 0.4) is 0 Å². The van der Waals surface area contributed by atoms with Gasteiger partial charge in [0.05, 0.1) is 6.04 Å². The maximum atomic E-state index is 13.0. The van der Waals surface area contributed by atoms with E-state index >= 15 is 0 Å². The molecule has 4 heterocycles. The molecular formula is C17H18N4O3. The summed E-state index contributed by atoms with van der Waals surface area (Å²) in [6.07, 6.45) is 4.69. The van der Waals surface area contributed by atoms with Crippen LogP contribution in [0.25, 0.3) is 11.3 Å². The Bertz CT molecular complexity index is 786. The topological polar surface area (TPSA) is 88.3 Å². The molecule has 2 aromatic heterocycles. The molecule has 124 valence electrons. The number of hydrogen-bond donors (Lipinski definition) is 1. The van der Waals surface area contributed by atoms with Crippen molar-refractivity contribution < 1.29 is 14.1 Å². The van der Waals surface area contributed by atoms with Gasteiger partial charge in [-0.25, -0.2) is 0 Å². The Hall–Kier alpha value is -2.70. The zero-order valence-corrected chi connectivity index (χ0v) is 13.4. The highest BCUT2D eigenvalue weighted by Crippen LogP contribution is 2.30. The molecule has 0 spiro atoms. The summed E-state index contributed by atoms with van der Waals surface area (Å²) >= 11 is 0. The number of aryl methyl sites for hydroxylation is 1. The summed E-state index contributed by atoms with van der Waals surface area (Å²) in [4.78, 5) is 30.4. The molecule has 2 unspecified atom stereocenters. The van der Waals surface area contributed by atoms with Crippen molar-refractivity contribution in [2.75, 3.05) is 13.1 Å². The van der Waals surface area contributed by atoms with E-state index in [1.807, 2.05) is 0 Å². The summed E-state index contributed by atoms with van der Waals surface area (Å²) in [5.74, 6) is 0.815. The zero-order chi connectivity index (χ0) is 16.7. The Balaban J connectivity index is 1.62. The van der Waals surface area contributed by atoms with Crippen LogP contribution < -0.4 is 5.32 Å². The quantitative estimate of drug-likeness (QED) is 0.901. The highest BCUT2D eigenvalue weighted by Gasteiger charge is 2.40. The number of fused-ring (bicyclic) bond motifs is 1. The summed E-state index contributed by atoms with van der Waals surface area (Å²) in [7, 11) is 0. The smallest absolute Gasteiger partial charge is 0.259 e. The fraction of sp³-hybridized carbons (Fsp3) is 0.412. The van der Waals surface area contributed by atoms with Crippen molar-refractivity contribution in [2.45, 2.75) is 25.8 Å². The number of carbonyl (C=O) groups is 2. The van der Waals surface area contributed by atoms with Gasteiger partial charge < -0.3 is 14.7 Å². The first kappa shape index (κ1) is 14.9. The number of carbonyl (C=O) groups excluding carboxylic acids is 2. The Labute approximate surface area is 139 Å². The van der Waals surface area contributed by atoms with E-state index in [2.05, 4.69) is 15.5 Å². The second kappa shape index (κ2) is 5.74. The lowest BCUT2D eigenvalue weighted by atomic mass is 9.94. The molecule has 2 aromatic rings. The number of pyridine rings is 1. The van der Waals surface area contributed by atoms with E-state index < -0.39 is 0 Å². The second-order valence-corrected chi connectivity index (χ2v) is 6.38. The number of nitrogens with one attached hydrogen (secondary N) is 1. The van der Waals surface area contributed by atoms with E-state index in [9.17, 15) is 9.59 Å². The molecule has 1 N–H and O–H groups in total. The van der Waals surface area contributed by atoms with Gasteiger partial charge in [-0.15, -0.1) is 0 Å². The molecule has 2 aliphatic heterocycles. The van der Waals surface area contributed by atoms with Crippen LogP contribution in [-0.4, -0.2) is 46.0 Å². The highest BCUT2D eigenvalue weighted by molar-refractivity contribution is 6.01. The van der Waals surface area contributed by atoms with Crippen LogP contribution in [0.2, 0.25) is 0 Å². The van der Waals surface area contributed by atoms with Gasteiger partial charge in [0.2, 0.25) is 5.91 Å². The van der Waals surface area contributed by atoms with Gasteiger partial charge in [0.1, 0.15) is 17.0 Å². The molecule has 4 rings (SSSR count). The van der Waals surface area contributed by atoms with Crippen molar-refractivity contribution >= 4 is 11.8 Å². The SMILES string of the molecule is Cc1onc(-c2ccncc2)c1C(=O)N1CC2CCC(=O)NC2C1. The molecule has 7 nitrogen and oxygen atoms in total. The molecule has 2 aliphatic rings. The van der Waals surface area contributed by atoms with Gasteiger partial charge in [0.15, 0.2) is 0 Å². The van der Waals surface area contributed by atoms with Gasteiger partial charge in [0.25, 0.3) is 5.91 Å². The fourth-order valence-corrected chi connectivity index (χ4v) is 3.58. The Morgan fingerprint density at radius 2 is 2.12 bits per heavy atom. The molecule has 0 aliphatic carbocycles. The van der Waals surface area contributed by atoms with Crippen LogP contribution in [0.1, 0.15) is 29.0 Å². The first-order valence-electron chi connectivity index (χ1n) is 8.09. The standard InChI is InChI=1S/C17H18N4O3/c1-10-15(16(20-24-10)11-4-6-18-7-5-11)17(23)21-8-12-2-3-14(22)19-13(12)9-21/h4-7,12-13H,2-3,8-9H2,1H3,(H,19,22). The van der Waals surface area contributed by atoms with Crippen LogP contribution in [0.15, 0.2) is 29.0 Å². The van der Waals surface area contributed by atoms with E-state index in [0.717, 1.165) is 12.0 Å². The fourth-order valence-electron chi connectivity index (χ4n) is 3.58. The van der Waals surface area contributed by atoms with Crippen molar-refractivity contribution in [3.63, 3.8) is 0 Å². The molecule has 0 radical (unpaired) electrons. The Kier molecular flexibility index (Phi) is 3.55. The van der Waals surface area contributed by atoms with Crippen LogP contribution >= 0.6 is 0 Å². The van der Waals surface area contributed by atoms with Gasteiger partial charge in [-0.2, -0.15) is 0 Å². The minimum Gasteiger partial charge on any atom is -0.360 e. The number of nitrogens with zero attached hydrogens (tertiary/aromatic N) is 3. The monoisotopic (exact) mass is 326 g/mol. The average molecular weight is 326 g/mol. The zero-order valence-electron chi connectivity index (χ0n) is 13.4. The number of amides is 2. The number of likely N-dealkylation sites (tertiary alicyclic amines) is 1. The maximum absolute atomic E-state index is 13.0. The van der Waals surface area contributed by atoms with E-state index in [0.29, 0.717) is 42.4 Å². The van der Waals surface area contributed by atoms with E-state index in [4.69, 9.17) is 4.52 Å². The second-order valence-electron chi connectivity index (χ2n) is 6.38. The largest absolute Gasteiger partial charge is 0.360 e. The van der Waals surface area contributed by atoms with Gasteiger partial charge in [-0.05, 0) is 31.4 Å². The van der Waals surface area contributed by atoms with Crippen LogP contribution in [0, 0.1) is 12.8 Å². The molecule has 24 heavy (non-hydrogen) atoms. The van der Waals surface area contributed by atoms with Gasteiger partial charge in [-0.3, -0.25) is 14.6 Å². The molecule has 2 amide bonds. The third kappa shape index (κ3) is 2.46. The molecule has 2 atom stereocenters. The van der Waals surface area contributed by atoms with E-state index in [1.165, 1.54) is 0 Å². The summed E-state index contributed by atoms with van der Waals surface area (Å²) < 4.78 is 5.28. The lowest BCUT2D eigenvalue weighted by Crippen LogP contribution is -2.44. The number of piperidine rings is 1. The van der Waals surface area contributed by atoms with Crippen LogP contribution in [0.4, 0.5) is 0 Å². The normalized spacial score (nSPS) is 23.0. The number of aromatic nitrogens is 2. The Morgan fingerprint density at radius 1 is 1.33 bits per heavy atom. The molecule has 0 saturated carbocycles.